The minimum Gasteiger partial charge on any atom is -0.512 e. The van der Waals surface area contributed by atoms with Gasteiger partial charge >= 0.3 is 0 Å². The van der Waals surface area contributed by atoms with Crippen molar-refractivity contribution in [3.8, 4) is 0 Å². The Balaban J connectivity index is 1.63. The van der Waals surface area contributed by atoms with Gasteiger partial charge in [0.25, 0.3) is 0 Å². The van der Waals surface area contributed by atoms with E-state index < -0.39 is 0 Å². The summed E-state index contributed by atoms with van der Waals surface area (Å²) in [5.41, 5.74) is 2.42. The fraction of sp³-hybridized carbons (Fsp3) is 0.867. The van der Waals surface area contributed by atoms with Gasteiger partial charge in [0.15, 0.2) is 0 Å². The standard InChI is InChI=1S/C30H50O/c1-20(2)10-9-11-21(3)22-14-18-29(7)23-12-13-25-27(4,5)17-16-26(31)30(25,8)24(23)15-19-28(22,29)6/h13,16,20-24,31H,9-12,14-15,17-19H2,1-8H3/t21-,22+,23-,24+,28+,29-,30-/m1/s1. The van der Waals surface area contributed by atoms with Gasteiger partial charge < -0.3 is 5.11 Å². The second-order valence-electron chi connectivity index (χ2n) is 13.8. The van der Waals surface area contributed by atoms with Gasteiger partial charge in [-0.3, -0.25) is 0 Å². The average Bonchev–Trinajstić information content (AvgIpc) is 2.96. The van der Waals surface area contributed by atoms with E-state index in [4.69, 9.17) is 0 Å². The van der Waals surface area contributed by atoms with Crippen LogP contribution in [0.1, 0.15) is 113 Å². The highest BCUT2D eigenvalue weighted by molar-refractivity contribution is 5.39. The summed E-state index contributed by atoms with van der Waals surface area (Å²) in [6.45, 7) is 19.8. The first kappa shape index (κ1) is 23.4. The van der Waals surface area contributed by atoms with Crippen LogP contribution in [0, 0.1) is 51.2 Å². The Morgan fingerprint density at radius 3 is 2.26 bits per heavy atom. The van der Waals surface area contributed by atoms with Crippen LogP contribution < -0.4 is 0 Å². The largest absolute Gasteiger partial charge is 0.512 e. The lowest BCUT2D eigenvalue weighted by atomic mass is 9.41. The lowest BCUT2D eigenvalue weighted by Gasteiger charge is -2.63. The smallest absolute Gasteiger partial charge is 0.0985 e. The molecule has 176 valence electrons. The summed E-state index contributed by atoms with van der Waals surface area (Å²) in [6.07, 6.45) is 16.6. The predicted octanol–water partition coefficient (Wildman–Crippen LogP) is 9.11. The van der Waals surface area contributed by atoms with E-state index in [1.54, 1.807) is 0 Å². The quantitative estimate of drug-likeness (QED) is 0.434. The molecule has 7 atom stereocenters. The van der Waals surface area contributed by atoms with Crippen LogP contribution in [-0.2, 0) is 0 Å². The van der Waals surface area contributed by atoms with Crippen LogP contribution in [0.15, 0.2) is 23.5 Å². The average molecular weight is 427 g/mol. The first-order chi connectivity index (χ1) is 14.4. The number of aliphatic hydroxyl groups excluding tert-OH is 1. The van der Waals surface area contributed by atoms with Crippen molar-refractivity contribution in [1.82, 2.24) is 0 Å². The Kier molecular flexibility index (Phi) is 5.79. The molecule has 0 bridgehead atoms. The molecule has 0 amide bonds. The van der Waals surface area contributed by atoms with Crippen LogP contribution in [0.25, 0.3) is 0 Å². The SMILES string of the molecule is CC(C)CCC[C@@H](C)[C@@H]1CC[C@]2(C)[C@@H]3CC=C4C(C)(C)CC=C(O)[C@]4(C)[C@H]3CC[C@@]12C. The summed E-state index contributed by atoms with van der Waals surface area (Å²) in [7, 11) is 0. The van der Waals surface area contributed by atoms with Crippen molar-refractivity contribution in [2.75, 3.05) is 0 Å². The van der Waals surface area contributed by atoms with Crippen molar-refractivity contribution in [3.05, 3.63) is 23.5 Å². The Morgan fingerprint density at radius 2 is 1.58 bits per heavy atom. The molecule has 0 unspecified atom stereocenters. The van der Waals surface area contributed by atoms with E-state index in [9.17, 15) is 5.11 Å². The molecular formula is C30H50O. The summed E-state index contributed by atoms with van der Waals surface area (Å²) in [4.78, 5) is 0. The van der Waals surface area contributed by atoms with Gasteiger partial charge in [-0.15, -0.1) is 0 Å². The summed E-state index contributed by atoms with van der Waals surface area (Å²) >= 11 is 0. The second kappa shape index (κ2) is 7.66. The van der Waals surface area contributed by atoms with E-state index in [1.165, 1.54) is 56.9 Å². The highest BCUT2D eigenvalue weighted by atomic mass is 16.3. The van der Waals surface area contributed by atoms with Gasteiger partial charge in [-0.05, 0) is 97.4 Å². The summed E-state index contributed by atoms with van der Waals surface area (Å²) in [5.74, 6) is 4.52. The van der Waals surface area contributed by atoms with Crippen LogP contribution in [0.2, 0.25) is 0 Å². The van der Waals surface area contributed by atoms with Gasteiger partial charge in [0.2, 0.25) is 0 Å². The third-order valence-corrected chi connectivity index (χ3v) is 11.4. The molecule has 0 aromatic rings. The third-order valence-electron chi connectivity index (χ3n) is 11.4. The van der Waals surface area contributed by atoms with E-state index in [1.807, 2.05) is 0 Å². The third kappa shape index (κ3) is 3.30. The van der Waals surface area contributed by atoms with E-state index in [0.29, 0.717) is 28.4 Å². The summed E-state index contributed by atoms with van der Waals surface area (Å²) in [5, 5.41) is 11.2. The van der Waals surface area contributed by atoms with Crippen LogP contribution in [0.3, 0.4) is 0 Å². The van der Waals surface area contributed by atoms with Crippen molar-refractivity contribution in [3.63, 3.8) is 0 Å². The van der Waals surface area contributed by atoms with Crippen molar-refractivity contribution in [2.24, 2.45) is 51.2 Å². The number of hydrogen-bond acceptors (Lipinski definition) is 1. The molecule has 0 heterocycles. The first-order valence-corrected chi connectivity index (χ1v) is 13.5. The molecule has 0 aromatic heterocycles. The Morgan fingerprint density at radius 1 is 0.903 bits per heavy atom. The predicted molar refractivity (Wildman–Crippen MR) is 133 cm³/mol. The molecule has 0 radical (unpaired) electrons. The summed E-state index contributed by atoms with van der Waals surface area (Å²) < 4.78 is 0. The zero-order chi connectivity index (χ0) is 22.8. The molecule has 1 heteroatoms. The van der Waals surface area contributed by atoms with Crippen LogP contribution in [0.4, 0.5) is 0 Å². The minimum absolute atomic E-state index is 0.143. The molecule has 1 N–H and O–H groups in total. The Bertz CT molecular complexity index is 756. The first-order valence-electron chi connectivity index (χ1n) is 13.5. The molecule has 4 aliphatic carbocycles. The topological polar surface area (TPSA) is 20.2 Å². The Hall–Kier alpha value is -0.720. The molecule has 0 aromatic carbocycles. The number of hydrogen-bond donors (Lipinski definition) is 1. The normalized spacial score (nSPS) is 44.7. The highest BCUT2D eigenvalue weighted by Crippen LogP contribution is 2.73. The van der Waals surface area contributed by atoms with E-state index in [-0.39, 0.29) is 10.8 Å². The molecule has 0 saturated heterocycles. The molecule has 4 aliphatic rings. The molecule has 2 fully saturated rings. The number of fused-ring (bicyclic) bond motifs is 5. The maximum absolute atomic E-state index is 11.2. The number of allylic oxidation sites excluding steroid dienone is 3. The van der Waals surface area contributed by atoms with Crippen LogP contribution >= 0.6 is 0 Å². The summed E-state index contributed by atoms with van der Waals surface area (Å²) in [6, 6.07) is 0. The number of aliphatic hydroxyl groups is 1. The van der Waals surface area contributed by atoms with E-state index in [2.05, 4.69) is 67.5 Å². The minimum atomic E-state index is -0.143. The van der Waals surface area contributed by atoms with Crippen molar-refractivity contribution in [2.45, 2.75) is 113 Å². The lowest BCUT2D eigenvalue weighted by Crippen LogP contribution is -2.56. The van der Waals surface area contributed by atoms with Crippen molar-refractivity contribution in [1.29, 1.82) is 0 Å². The molecular weight excluding hydrogens is 376 g/mol. The van der Waals surface area contributed by atoms with Crippen molar-refractivity contribution >= 4 is 0 Å². The maximum Gasteiger partial charge on any atom is 0.0985 e. The van der Waals surface area contributed by atoms with Crippen molar-refractivity contribution < 1.29 is 5.11 Å². The van der Waals surface area contributed by atoms with Gasteiger partial charge in [-0.25, -0.2) is 0 Å². The van der Waals surface area contributed by atoms with E-state index >= 15 is 0 Å². The maximum atomic E-state index is 11.2. The molecule has 31 heavy (non-hydrogen) atoms. The van der Waals surface area contributed by atoms with Gasteiger partial charge in [0.1, 0.15) is 0 Å². The van der Waals surface area contributed by atoms with Gasteiger partial charge in [0.05, 0.1) is 5.76 Å². The monoisotopic (exact) mass is 426 g/mol. The molecule has 2 saturated carbocycles. The molecule has 4 rings (SSSR count). The molecule has 0 spiro atoms. The highest BCUT2D eigenvalue weighted by Gasteiger charge is 2.66. The van der Waals surface area contributed by atoms with E-state index in [0.717, 1.165) is 24.2 Å². The molecule has 0 aliphatic heterocycles. The Labute approximate surface area is 193 Å². The van der Waals surface area contributed by atoms with Gasteiger partial charge in [-0.2, -0.15) is 0 Å². The van der Waals surface area contributed by atoms with Crippen LogP contribution in [0.5, 0.6) is 0 Å². The lowest BCUT2D eigenvalue weighted by molar-refractivity contribution is -0.110. The molecule has 1 nitrogen and oxygen atoms in total. The van der Waals surface area contributed by atoms with Crippen LogP contribution in [-0.4, -0.2) is 5.11 Å². The number of rotatable bonds is 5. The fourth-order valence-corrected chi connectivity index (χ4v) is 9.38. The zero-order valence-electron chi connectivity index (χ0n) is 21.9. The fourth-order valence-electron chi connectivity index (χ4n) is 9.38. The zero-order valence-corrected chi connectivity index (χ0v) is 21.9. The second-order valence-corrected chi connectivity index (χ2v) is 13.8. The van der Waals surface area contributed by atoms with Gasteiger partial charge in [0, 0.05) is 5.41 Å². The van der Waals surface area contributed by atoms with Gasteiger partial charge in [-0.1, -0.05) is 79.4 Å².